The molecule has 3 heterocycles. The Morgan fingerprint density at radius 1 is 1.08 bits per heavy atom. The molecule has 4 aliphatic rings. The number of rotatable bonds is 8. The van der Waals surface area contributed by atoms with E-state index in [9.17, 15) is 4.79 Å². The fourth-order valence-corrected chi connectivity index (χ4v) is 5.94. The van der Waals surface area contributed by atoms with E-state index >= 15 is 0 Å². The van der Waals surface area contributed by atoms with E-state index in [1.165, 1.54) is 0 Å². The molecule has 0 saturated heterocycles. The summed E-state index contributed by atoms with van der Waals surface area (Å²) in [4.78, 5) is 15.6. The lowest BCUT2D eigenvalue weighted by Gasteiger charge is -2.41. The molecule has 0 saturated carbocycles. The van der Waals surface area contributed by atoms with Crippen LogP contribution in [0.15, 0.2) is 28.5 Å². The van der Waals surface area contributed by atoms with Crippen molar-refractivity contribution in [2.24, 2.45) is 0 Å². The van der Waals surface area contributed by atoms with Crippen molar-refractivity contribution in [3.63, 3.8) is 0 Å². The number of ether oxygens (including phenoxy) is 7. The average molecular weight is 502 g/mol. The number of fused-ring (bicyclic) bond motifs is 2. The van der Waals surface area contributed by atoms with Crippen molar-refractivity contribution in [1.29, 1.82) is 0 Å². The third-order valence-corrected chi connectivity index (χ3v) is 7.35. The first-order chi connectivity index (χ1) is 17.5. The molecular weight excluding hydrogens is 466 g/mol. The Balaban J connectivity index is 1.69. The van der Waals surface area contributed by atoms with E-state index in [-0.39, 0.29) is 18.8 Å². The zero-order chi connectivity index (χ0) is 25.6. The SMILES string of the molecule is CCOC1=C(C)C2=C(C(OCC)C1OCC)C(C1c3c(cc4c(c3OC)OCO4)CCN1C)OC2=O. The summed E-state index contributed by atoms with van der Waals surface area (Å²) in [5, 5.41) is 0. The Labute approximate surface area is 211 Å². The lowest BCUT2D eigenvalue weighted by atomic mass is 9.79. The summed E-state index contributed by atoms with van der Waals surface area (Å²) in [6, 6.07) is 1.72. The Morgan fingerprint density at radius 3 is 2.53 bits per heavy atom. The molecular formula is C27H35NO8. The molecule has 0 aromatic heterocycles. The normalized spacial score (nSPS) is 27.2. The molecule has 3 aliphatic heterocycles. The summed E-state index contributed by atoms with van der Waals surface area (Å²) in [5.74, 6) is 2.15. The number of benzene rings is 1. The molecule has 1 aliphatic carbocycles. The molecule has 4 unspecified atom stereocenters. The maximum atomic E-state index is 13.4. The number of cyclic esters (lactones) is 1. The van der Waals surface area contributed by atoms with Crippen molar-refractivity contribution in [3.8, 4) is 17.2 Å². The van der Waals surface area contributed by atoms with Crippen molar-refractivity contribution in [2.75, 3.05) is 47.3 Å². The van der Waals surface area contributed by atoms with Gasteiger partial charge in [-0.2, -0.15) is 0 Å². The van der Waals surface area contributed by atoms with Crippen LogP contribution in [0.2, 0.25) is 0 Å². The molecule has 9 heteroatoms. The van der Waals surface area contributed by atoms with Crippen molar-refractivity contribution < 1.29 is 38.0 Å². The molecule has 0 radical (unpaired) electrons. The Kier molecular flexibility index (Phi) is 6.89. The first kappa shape index (κ1) is 24.9. The minimum absolute atomic E-state index is 0.148. The van der Waals surface area contributed by atoms with E-state index in [0.717, 1.165) is 35.2 Å². The van der Waals surface area contributed by atoms with Gasteiger partial charge in [-0.05, 0) is 52.8 Å². The number of esters is 1. The highest BCUT2D eigenvalue weighted by Crippen LogP contribution is 2.53. The van der Waals surface area contributed by atoms with Gasteiger partial charge in [0.25, 0.3) is 0 Å². The van der Waals surface area contributed by atoms with E-state index in [2.05, 4.69) is 4.90 Å². The Hall–Kier alpha value is -2.75. The van der Waals surface area contributed by atoms with Crippen LogP contribution < -0.4 is 14.2 Å². The predicted octanol–water partition coefficient (Wildman–Crippen LogP) is 3.31. The van der Waals surface area contributed by atoms with E-state index in [1.54, 1.807) is 7.11 Å². The van der Waals surface area contributed by atoms with Crippen LogP contribution in [0.1, 0.15) is 44.9 Å². The highest BCUT2D eigenvalue weighted by molar-refractivity contribution is 5.98. The molecule has 0 fully saturated rings. The number of hydrogen-bond acceptors (Lipinski definition) is 9. The zero-order valence-corrected chi connectivity index (χ0v) is 21.8. The molecule has 0 bridgehead atoms. The highest BCUT2D eigenvalue weighted by Gasteiger charge is 2.53. The number of carbonyl (C=O) groups excluding carboxylic acids is 1. The van der Waals surface area contributed by atoms with Gasteiger partial charge in [0, 0.05) is 36.5 Å². The molecule has 4 atom stereocenters. The number of nitrogens with zero attached hydrogens (tertiary/aromatic N) is 1. The van der Waals surface area contributed by atoms with Gasteiger partial charge in [-0.3, -0.25) is 4.90 Å². The summed E-state index contributed by atoms with van der Waals surface area (Å²) < 4.78 is 42.0. The van der Waals surface area contributed by atoms with Gasteiger partial charge in [-0.15, -0.1) is 0 Å². The largest absolute Gasteiger partial charge is 0.495 e. The third kappa shape index (κ3) is 3.76. The van der Waals surface area contributed by atoms with Crippen LogP contribution in [0.3, 0.4) is 0 Å². The van der Waals surface area contributed by atoms with Crippen LogP contribution in [0, 0.1) is 0 Å². The van der Waals surface area contributed by atoms with Gasteiger partial charge in [0.1, 0.15) is 24.1 Å². The minimum Gasteiger partial charge on any atom is -0.495 e. The smallest absolute Gasteiger partial charge is 0.339 e. The summed E-state index contributed by atoms with van der Waals surface area (Å²) in [6.07, 6.45) is -0.780. The summed E-state index contributed by atoms with van der Waals surface area (Å²) >= 11 is 0. The molecule has 0 amide bonds. The molecule has 0 N–H and O–H groups in total. The number of likely N-dealkylation sites (N-methyl/N-ethyl adjacent to an activating group) is 1. The van der Waals surface area contributed by atoms with Crippen molar-refractivity contribution in [1.82, 2.24) is 4.90 Å². The maximum Gasteiger partial charge on any atom is 0.339 e. The molecule has 1 aromatic carbocycles. The van der Waals surface area contributed by atoms with E-state index in [1.807, 2.05) is 40.8 Å². The Morgan fingerprint density at radius 2 is 1.83 bits per heavy atom. The first-order valence-electron chi connectivity index (χ1n) is 12.7. The third-order valence-electron chi connectivity index (χ3n) is 7.35. The monoisotopic (exact) mass is 501 g/mol. The van der Waals surface area contributed by atoms with Crippen LogP contribution in [0.4, 0.5) is 0 Å². The van der Waals surface area contributed by atoms with Gasteiger partial charge < -0.3 is 33.2 Å². The van der Waals surface area contributed by atoms with Gasteiger partial charge in [-0.1, -0.05) is 0 Å². The van der Waals surface area contributed by atoms with E-state index in [0.29, 0.717) is 48.4 Å². The van der Waals surface area contributed by atoms with Crippen LogP contribution in [0.5, 0.6) is 17.2 Å². The van der Waals surface area contributed by atoms with Crippen LogP contribution in [-0.2, 0) is 30.2 Å². The van der Waals surface area contributed by atoms with E-state index < -0.39 is 18.3 Å². The van der Waals surface area contributed by atoms with Crippen molar-refractivity contribution in [3.05, 3.63) is 39.7 Å². The number of methoxy groups -OCH3 is 1. The fourth-order valence-electron chi connectivity index (χ4n) is 5.94. The van der Waals surface area contributed by atoms with Gasteiger partial charge >= 0.3 is 5.97 Å². The van der Waals surface area contributed by atoms with Crippen LogP contribution in [-0.4, -0.2) is 76.5 Å². The predicted molar refractivity (Wildman–Crippen MR) is 130 cm³/mol. The molecule has 1 aromatic rings. The topological polar surface area (TPSA) is 84.9 Å². The second-order valence-corrected chi connectivity index (χ2v) is 9.22. The lowest BCUT2D eigenvalue weighted by molar-refractivity contribution is -0.142. The molecule has 9 nitrogen and oxygen atoms in total. The molecule has 196 valence electrons. The van der Waals surface area contributed by atoms with Gasteiger partial charge in [0.15, 0.2) is 11.5 Å². The maximum absolute atomic E-state index is 13.4. The Bertz CT molecular complexity index is 1110. The quantitative estimate of drug-likeness (QED) is 0.498. The zero-order valence-electron chi connectivity index (χ0n) is 21.8. The standard InChI is InChI=1S/C27H35NO8/c1-7-31-21-14(4)17-19(25(32-8-2)26(21)33-9-3)23(36-27(17)29)20-18-15(10-11-28(20)5)12-16-22(24(18)30-6)35-13-34-16/h12,20,23,25-26H,7-11,13H2,1-6H3. The average Bonchev–Trinajstić information content (AvgIpc) is 3.46. The van der Waals surface area contributed by atoms with Crippen LogP contribution in [0.25, 0.3) is 0 Å². The summed E-state index contributed by atoms with van der Waals surface area (Å²) in [6.45, 7) is 10.0. The summed E-state index contributed by atoms with van der Waals surface area (Å²) in [5.41, 5.74) is 4.10. The number of carbonyl (C=O) groups is 1. The lowest BCUT2D eigenvalue weighted by Crippen LogP contribution is -2.46. The van der Waals surface area contributed by atoms with Gasteiger partial charge in [-0.25, -0.2) is 4.79 Å². The molecule has 36 heavy (non-hydrogen) atoms. The minimum atomic E-state index is -0.594. The van der Waals surface area contributed by atoms with E-state index in [4.69, 9.17) is 33.2 Å². The summed E-state index contributed by atoms with van der Waals surface area (Å²) in [7, 11) is 3.67. The highest BCUT2D eigenvalue weighted by atomic mass is 16.7. The van der Waals surface area contributed by atoms with Gasteiger partial charge in [0.2, 0.25) is 12.5 Å². The number of hydrogen-bond donors (Lipinski definition) is 0. The van der Waals surface area contributed by atoms with Gasteiger partial charge in [0.05, 0.1) is 25.3 Å². The first-order valence-corrected chi connectivity index (χ1v) is 12.7. The second-order valence-electron chi connectivity index (χ2n) is 9.22. The van der Waals surface area contributed by atoms with Crippen molar-refractivity contribution >= 4 is 5.97 Å². The molecule has 5 rings (SSSR count). The van der Waals surface area contributed by atoms with Crippen molar-refractivity contribution in [2.45, 2.75) is 58.5 Å². The van der Waals surface area contributed by atoms with Crippen LogP contribution >= 0.6 is 0 Å². The second kappa shape index (κ2) is 9.95. The fraction of sp³-hybridized carbons (Fsp3) is 0.593. The molecule has 0 spiro atoms.